The second-order valence-corrected chi connectivity index (χ2v) is 9.35. The first-order valence-electron chi connectivity index (χ1n) is 11.1. The molecule has 1 aromatic carbocycles. The van der Waals surface area contributed by atoms with Gasteiger partial charge in [0.2, 0.25) is 5.91 Å². The Morgan fingerprint density at radius 3 is 2.21 bits per heavy atom. The van der Waals surface area contributed by atoms with E-state index in [1.165, 1.54) is 20.6 Å². The van der Waals surface area contributed by atoms with Gasteiger partial charge in [-0.1, -0.05) is 34.1 Å². The number of amides is 2. The van der Waals surface area contributed by atoms with Gasteiger partial charge in [0.25, 0.3) is 5.91 Å². The normalized spacial score (nSPS) is 24.5. The molecular formula is C24H30BrLiN2O6. The van der Waals surface area contributed by atoms with Gasteiger partial charge in [-0.15, -0.1) is 5.92 Å². The molecule has 3 rings (SSSR count). The minimum absolute atomic E-state index is 0. The van der Waals surface area contributed by atoms with Gasteiger partial charge in [0, 0.05) is 18.7 Å². The second-order valence-electron chi connectivity index (χ2n) is 8.71. The Labute approximate surface area is 220 Å². The van der Waals surface area contributed by atoms with Crippen LogP contribution in [0.15, 0.2) is 30.3 Å². The Morgan fingerprint density at radius 1 is 1.06 bits per heavy atom. The molecule has 2 amide bonds. The number of ether oxygens (including phenoxy) is 2. The number of carbonyl (C=O) groups excluding carboxylic acids is 4. The van der Waals surface area contributed by atoms with Crippen molar-refractivity contribution in [3.05, 3.63) is 42.3 Å². The number of halogens is 1. The first-order chi connectivity index (χ1) is 15.8. The van der Waals surface area contributed by atoms with Crippen LogP contribution in [0.3, 0.4) is 0 Å². The number of hydrogen-bond acceptors (Lipinski definition) is 6. The van der Waals surface area contributed by atoms with Gasteiger partial charge in [0.15, 0.2) is 5.97 Å². The zero-order valence-electron chi connectivity index (χ0n) is 20.0. The predicted octanol–water partition coefficient (Wildman–Crippen LogP) is -0.487. The summed E-state index contributed by atoms with van der Waals surface area (Å²) in [6.45, 7) is 1.23. The van der Waals surface area contributed by atoms with Crippen LogP contribution in [0.1, 0.15) is 42.5 Å². The minimum Gasteiger partial charge on any atom is -0.491 e. The molecule has 1 heterocycles. The fraction of sp³-hybridized carbons (Fsp3) is 0.542. The fourth-order valence-corrected chi connectivity index (χ4v) is 5.75. The van der Waals surface area contributed by atoms with Crippen molar-refractivity contribution in [2.75, 3.05) is 32.6 Å². The number of esters is 2. The summed E-state index contributed by atoms with van der Waals surface area (Å²) in [6, 6.07) is 8.65. The van der Waals surface area contributed by atoms with Gasteiger partial charge in [0.05, 0.1) is 19.6 Å². The van der Waals surface area contributed by atoms with E-state index in [4.69, 9.17) is 9.47 Å². The first-order valence-corrected chi connectivity index (χ1v) is 12.2. The van der Waals surface area contributed by atoms with Crippen LogP contribution in [0.2, 0.25) is 0 Å². The summed E-state index contributed by atoms with van der Waals surface area (Å²) in [5, 5.41) is 3.23. The zero-order chi connectivity index (χ0) is 24.1. The number of benzene rings is 1. The van der Waals surface area contributed by atoms with Crippen molar-refractivity contribution >= 4 is 39.7 Å². The van der Waals surface area contributed by atoms with E-state index in [2.05, 4.69) is 21.2 Å². The van der Waals surface area contributed by atoms with Crippen LogP contribution in [-0.2, 0) is 23.9 Å². The topological polar surface area (TPSA) is 102 Å². The van der Waals surface area contributed by atoms with Crippen LogP contribution in [0, 0.1) is 17.8 Å². The van der Waals surface area contributed by atoms with E-state index < -0.39 is 28.8 Å². The van der Waals surface area contributed by atoms with Crippen LogP contribution in [0.5, 0.6) is 0 Å². The fourth-order valence-electron chi connectivity index (χ4n) is 4.94. The van der Waals surface area contributed by atoms with Gasteiger partial charge in [0.1, 0.15) is 5.54 Å². The Bertz CT molecular complexity index is 885. The van der Waals surface area contributed by atoms with E-state index in [1.54, 1.807) is 35.2 Å². The van der Waals surface area contributed by atoms with Crippen LogP contribution in [0.4, 0.5) is 0 Å². The number of rotatable bonds is 8. The maximum Gasteiger partial charge on any atom is 1.00 e. The molecule has 10 heteroatoms. The van der Waals surface area contributed by atoms with Gasteiger partial charge < -0.3 is 19.7 Å². The molecule has 34 heavy (non-hydrogen) atoms. The number of nitrogens with zero attached hydrogens (tertiary/aromatic N) is 1. The zero-order valence-corrected chi connectivity index (χ0v) is 21.6. The smallest absolute Gasteiger partial charge is 0.491 e. The van der Waals surface area contributed by atoms with Gasteiger partial charge in [-0.05, 0) is 49.6 Å². The van der Waals surface area contributed by atoms with Gasteiger partial charge in [-0.2, -0.15) is 0 Å². The average molecular weight is 529 g/mol. The number of methoxy groups -OCH3 is 2. The number of hydrogen-bond donors (Lipinski definition) is 1. The molecule has 2 fully saturated rings. The summed E-state index contributed by atoms with van der Waals surface area (Å²) < 4.78 is 9.86. The minimum atomic E-state index is -1.26. The third kappa shape index (κ3) is 5.64. The molecule has 1 aromatic rings. The van der Waals surface area contributed by atoms with E-state index in [0.717, 1.165) is 19.3 Å². The number of likely N-dealkylation sites (tertiary alicyclic amines) is 1. The molecule has 1 N–H and O–H groups in total. The second kappa shape index (κ2) is 12.1. The molecule has 1 atom stereocenters. The third-order valence-corrected chi connectivity index (χ3v) is 7.38. The quantitative estimate of drug-likeness (QED) is 0.211. The van der Waals surface area contributed by atoms with Crippen LogP contribution in [-0.4, -0.2) is 66.8 Å². The summed E-state index contributed by atoms with van der Waals surface area (Å²) in [4.78, 5) is 53.5. The molecule has 2 aliphatic rings. The molecule has 1 unspecified atom stereocenters. The summed E-state index contributed by atoms with van der Waals surface area (Å²) in [5.41, 5.74) is -1.98. The van der Waals surface area contributed by atoms with Crippen LogP contribution < -0.4 is 24.2 Å². The van der Waals surface area contributed by atoms with Gasteiger partial charge >= 0.3 is 24.8 Å². The predicted molar refractivity (Wildman–Crippen MR) is 124 cm³/mol. The maximum atomic E-state index is 13.7. The largest absolute Gasteiger partial charge is 1.00 e. The molecule has 1 aliphatic carbocycles. The van der Waals surface area contributed by atoms with E-state index in [9.17, 15) is 19.2 Å². The van der Waals surface area contributed by atoms with Crippen molar-refractivity contribution in [2.45, 2.75) is 37.6 Å². The van der Waals surface area contributed by atoms with E-state index in [0.29, 0.717) is 18.7 Å². The van der Waals surface area contributed by atoms with Crippen molar-refractivity contribution in [3.8, 4) is 0 Å². The number of alkyl halides is 1. The Hall–Kier alpha value is -1.95. The summed E-state index contributed by atoms with van der Waals surface area (Å²) in [7, 11) is 2.54. The Morgan fingerprint density at radius 2 is 1.68 bits per heavy atom. The molecule has 0 spiro atoms. The van der Waals surface area contributed by atoms with E-state index in [-0.39, 0.29) is 48.8 Å². The van der Waals surface area contributed by atoms with Crippen molar-refractivity contribution in [2.24, 2.45) is 11.3 Å². The van der Waals surface area contributed by atoms with Gasteiger partial charge in [-0.25, -0.2) is 0 Å². The number of nitrogens with one attached hydrogen (secondary N) is 1. The molecule has 180 valence electrons. The number of piperidine rings is 1. The van der Waals surface area contributed by atoms with Crippen LogP contribution >= 0.6 is 15.9 Å². The Kier molecular flexibility index (Phi) is 10.1. The molecule has 1 saturated heterocycles. The first kappa shape index (κ1) is 28.3. The van der Waals surface area contributed by atoms with Crippen molar-refractivity contribution in [1.29, 1.82) is 0 Å². The molecular weight excluding hydrogens is 499 g/mol. The standard InChI is InChI=1S/C24H30BrN2O6.Li/c1-32-19(28)13-18(14-25)23(22(31)33-2)15-24(16-23,21(30)27-11-7-4-8-12-27)26-20(29)17-9-5-3-6-10-17;/h3,5-6,9-10,13,18H,4,7-8,11-12,14-16H2,1-2H3,(H,26,29);/q-1;+1. The summed E-state index contributed by atoms with van der Waals surface area (Å²) in [5.74, 6) is -2.25. The summed E-state index contributed by atoms with van der Waals surface area (Å²) >= 11 is 3.39. The van der Waals surface area contributed by atoms with Crippen molar-refractivity contribution in [1.82, 2.24) is 10.2 Å². The molecule has 8 nitrogen and oxygen atoms in total. The van der Waals surface area contributed by atoms with Crippen molar-refractivity contribution < 1.29 is 47.5 Å². The monoisotopic (exact) mass is 528 g/mol. The maximum absolute atomic E-state index is 13.7. The summed E-state index contributed by atoms with van der Waals surface area (Å²) in [6.07, 6.45) is 4.25. The SMILES string of the molecule is COC(=O)[CH-]C(CBr)C1(C(=O)OC)CC(NC(=O)c2ccccc2)(C(=O)N2CCCCC2)C1.[Li+]. The number of carbonyl (C=O) groups is 4. The van der Waals surface area contributed by atoms with E-state index >= 15 is 0 Å². The van der Waals surface area contributed by atoms with Crippen LogP contribution in [0.25, 0.3) is 0 Å². The average Bonchev–Trinajstić information content (AvgIpc) is 2.84. The molecule has 1 saturated carbocycles. The molecule has 0 aromatic heterocycles. The van der Waals surface area contributed by atoms with E-state index in [1.807, 2.05) is 0 Å². The van der Waals surface area contributed by atoms with Gasteiger partial charge in [-0.3, -0.25) is 25.6 Å². The third-order valence-electron chi connectivity index (χ3n) is 6.68. The molecule has 0 radical (unpaired) electrons. The van der Waals surface area contributed by atoms with Crippen molar-refractivity contribution in [3.63, 3.8) is 0 Å². The Balaban J connectivity index is 0.00000408. The molecule has 1 aliphatic heterocycles. The molecule has 0 bridgehead atoms.